The standard InChI is InChI=1S/C10H19N3/c1-4-10(5-2)13-8(3)9(6-11)7-12-13/h7,10H,4-6,11H2,1-3H3. The van der Waals surface area contributed by atoms with Gasteiger partial charge < -0.3 is 5.73 Å². The molecule has 0 aromatic carbocycles. The second kappa shape index (κ2) is 4.42. The molecule has 1 rings (SSSR count). The summed E-state index contributed by atoms with van der Waals surface area (Å²) >= 11 is 0. The van der Waals surface area contributed by atoms with Crippen molar-refractivity contribution < 1.29 is 0 Å². The average Bonchev–Trinajstić information content (AvgIpc) is 2.50. The lowest BCUT2D eigenvalue weighted by Gasteiger charge is -2.15. The topological polar surface area (TPSA) is 43.8 Å². The number of hydrogen-bond acceptors (Lipinski definition) is 2. The first-order valence-electron chi connectivity index (χ1n) is 4.97. The summed E-state index contributed by atoms with van der Waals surface area (Å²) in [4.78, 5) is 0. The van der Waals surface area contributed by atoms with Gasteiger partial charge in [0, 0.05) is 17.8 Å². The van der Waals surface area contributed by atoms with E-state index < -0.39 is 0 Å². The average molecular weight is 181 g/mol. The fraction of sp³-hybridized carbons (Fsp3) is 0.700. The molecule has 0 radical (unpaired) electrons. The molecule has 1 aromatic heterocycles. The maximum Gasteiger partial charge on any atom is 0.0537 e. The van der Waals surface area contributed by atoms with Crippen LogP contribution in [0.3, 0.4) is 0 Å². The summed E-state index contributed by atoms with van der Waals surface area (Å²) in [7, 11) is 0. The van der Waals surface area contributed by atoms with Crippen molar-refractivity contribution >= 4 is 0 Å². The third-order valence-corrected chi connectivity index (χ3v) is 2.65. The van der Waals surface area contributed by atoms with Crippen LogP contribution in [0.25, 0.3) is 0 Å². The molecule has 1 heterocycles. The number of rotatable bonds is 4. The Bertz CT molecular complexity index is 261. The summed E-state index contributed by atoms with van der Waals surface area (Å²) in [6, 6.07) is 0.528. The highest BCUT2D eigenvalue weighted by Crippen LogP contribution is 2.18. The molecule has 0 aliphatic carbocycles. The highest BCUT2D eigenvalue weighted by Gasteiger charge is 2.11. The van der Waals surface area contributed by atoms with E-state index in [0.29, 0.717) is 12.6 Å². The van der Waals surface area contributed by atoms with Crippen molar-refractivity contribution in [1.82, 2.24) is 9.78 Å². The molecule has 1 aromatic rings. The van der Waals surface area contributed by atoms with Crippen molar-refractivity contribution in [3.05, 3.63) is 17.5 Å². The molecule has 13 heavy (non-hydrogen) atoms. The number of nitrogens with two attached hydrogens (primary N) is 1. The van der Waals surface area contributed by atoms with Crippen molar-refractivity contribution in [2.75, 3.05) is 0 Å². The van der Waals surface area contributed by atoms with Gasteiger partial charge in [0.15, 0.2) is 0 Å². The molecule has 0 bridgehead atoms. The van der Waals surface area contributed by atoms with Crippen LogP contribution in [0.2, 0.25) is 0 Å². The fourth-order valence-corrected chi connectivity index (χ4v) is 1.66. The number of nitrogens with zero attached hydrogens (tertiary/aromatic N) is 2. The molecule has 0 saturated carbocycles. The Morgan fingerprint density at radius 3 is 2.46 bits per heavy atom. The fourth-order valence-electron chi connectivity index (χ4n) is 1.66. The van der Waals surface area contributed by atoms with Crippen LogP contribution in [0.1, 0.15) is 44.0 Å². The van der Waals surface area contributed by atoms with Crippen molar-refractivity contribution in [3.63, 3.8) is 0 Å². The summed E-state index contributed by atoms with van der Waals surface area (Å²) in [5, 5.41) is 4.37. The molecule has 0 unspecified atom stereocenters. The number of hydrogen-bond donors (Lipinski definition) is 1. The molecule has 0 aliphatic heterocycles. The van der Waals surface area contributed by atoms with Crippen LogP contribution in [-0.4, -0.2) is 9.78 Å². The van der Waals surface area contributed by atoms with Gasteiger partial charge in [0.1, 0.15) is 0 Å². The van der Waals surface area contributed by atoms with Gasteiger partial charge in [-0.2, -0.15) is 5.10 Å². The third kappa shape index (κ3) is 1.91. The summed E-state index contributed by atoms with van der Waals surface area (Å²) in [6.07, 6.45) is 4.14. The van der Waals surface area contributed by atoms with Crippen LogP contribution in [0.5, 0.6) is 0 Å². The molecular formula is C10H19N3. The highest BCUT2D eigenvalue weighted by molar-refractivity contribution is 5.16. The Labute approximate surface area is 79.9 Å². The van der Waals surface area contributed by atoms with Gasteiger partial charge in [-0.25, -0.2) is 0 Å². The molecule has 74 valence electrons. The van der Waals surface area contributed by atoms with E-state index in [4.69, 9.17) is 5.73 Å². The van der Waals surface area contributed by atoms with E-state index in [1.807, 2.05) is 6.20 Å². The Hall–Kier alpha value is -0.830. The van der Waals surface area contributed by atoms with Gasteiger partial charge in [-0.15, -0.1) is 0 Å². The van der Waals surface area contributed by atoms with Crippen LogP contribution in [0.15, 0.2) is 6.20 Å². The highest BCUT2D eigenvalue weighted by atomic mass is 15.3. The maximum absolute atomic E-state index is 5.59. The second-order valence-electron chi connectivity index (χ2n) is 3.37. The third-order valence-electron chi connectivity index (χ3n) is 2.65. The van der Waals surface area contributed by atoms with E-state index in [0.717, 1.165) is 18.4 Å². The quantitative estimate of drug-likeness (QED) is 0.772. The Kier molecular flexibility index (Phi) is 3.48. The molecule has 3 heteroatoms. The second-order valence-corrected chi connectivity index (χ2v) is 3.37. The van der Waals surface area contributed by atoms with Crippen LogP contribution < -0.4 is 5.73 Å². The summed E-state index contributed by atoms with van der Waals surface area (Å²) in [5.41, 5.74) is 7.97. The van der Waals surface area contributed by atoms with Gasteiger partial charge in [-0.3, -0.25) is 4.68 Å². The SMILES string of the molecule is CCC(CC)n1ncc(CN)c1C. The van der Waals surface area contributed by atoms with Crippen molar-refractivity contribution in [1.29, 1.82) is 0 Å². The van der Waals surface area contributed by atoms with Gasteiger partial charge >= 0.3 is 0 Å². The Morgan fingerprint density at radius 2 is 2.08 bits per heavy atom. The van der Waals surface area contributed by atoms with E-state index in [-0.39, 0.29) is 0 Å². The smallest absolute Gasteiger partial charge is 0.0537 e. The minimum atomic E-state index is 0.528. The molecule has 0 fully saturated rings. The van der Waals surface area contributed by atoms with Gasteiger partial charge in [0.2, 0.25) is 0 Å². The predicted molar refractivity (Wildman–Crippen MR) is 54.5 cm³/mol. The van der Waals surface area contributed by atoms with Crippen LogP contribution in [-0.2, 0) is 6.54 Å². The first-order valence-corrected chi connectivity index (χ1v) is 4.97. The molecular weight excluding hydrogens is 162 g/mol. The Balaban J connectivity index is 2.93. The molecule has 0 spiro atoms. The van der Waals surface area contributed by atoms with E-state index in [2.05, 4.69) is 30.6 Å². The van der Waals surface area contributed by atoms with Gasteiger partial charge in [0.05, 0.1) is 12.2 Å². The lowest BCUT2D eigenvalue weighted by atomic mass is 10.1. The van der Waals surface area contributed by atoms with E-state index >= 15 is 0 Å². The monoisotopic (exact) mass is 181 g/mol. The molecule has 0 atom stereocenters. The minimum absolute atomic E-state index is 0.528. The van der Waals surface area contributed by atoms with Gasteiger partial charge in [0.25, 0.3) is 0 Å². The molecule has 0 saturated heterocycles. The molecule has 2 N–H and O–H groups in total. The van der Waals surface area contributed by atoms with Gasteiger partial charge in [-0.1, -0.05) is 13.8 Å². The summed E-state index contributed by atoms with van der Waals surface area (Å²) in [6.45, 7) is 7.06. The van der Waals surface area contributed by atoms with E-state index in [1.54, 1.807) is 0 Å². The van der Waals surface area contributed by atoms with Crippen LogP contribution in [0.4, 0.5) is 0 Å². The van der Waals surface area contributed by atoms with Crippen molar-refractivity contribution in [2.24, 2.45) is 5.73 Å². The van der Waals surface area contributed by atoms with Gasteiger partial charge in [-0.05, 0) is 19.8 Å². The van der Waals surface area contributed by atoms with Crippen LogP contribution >= 0.6 is 0 Å². The van der Waals surface area contributed by atoms with Crippen molar-refractivity contribution in [3.8, 4) is 0 Å². The van der Waals surface area contributed by atoms with Crippen molar-refractivity contribution in [2.45, 2.75) is 46.2 Å². The first kappa shape index (κ1) is 10.3. The number of aromatic nitrogens is 2. The lowest BCUT2D eigenvalue weighted by molar-refractivity contribution is 0.419. The zero-order valence-electron chi connectivity index (χ0n) is 8.75. The van der Waals surface area contributed by atoms with E-state index in [1.165, 1.54) is 5.69 Å². The zero-order valence-corrected chi connectivity index (χ0v) is 8.75. The Morgan fingerprint density at radius 1 is 1.46 bits per heavy atom. The molecule has 0 amide bonds. The zero-order chi connectivity index (χ0) is 9.84. The normalized spacial score (nSPS) is 11.2. The largest absolute Gasteiger partial charge is 0.326 e. The predicted octanol–water partition coefficient (Wildman–Crippen LogP) is 2.01. The summed E-state index contributed by atoms with van der Waals surface area (Å²) < 4.78 is 2.10. The van der Waals surface area contributed by atoms with E-state index in [9.17, 15) is 0 Å². The lowest BCUT2D eigenvalue weighted by Crippen LogP contribution is -2.11. The maximum atomic E-state index is 5.59. The van der Waals surface area contributed by atoms with Crippen LogP contribution in [0, 0.1) is 6.92 Å². The minimum Gasteiger partial charge on any atom is -0.326 e. The molecule has 0 aliphatic rings. The first-order chi connectivity index (χ1) is 6.24. The molecule has 3 nitrogen and oxygen atoms in total. The summed E-state index contributed by atoms with van der Waals surface area (Å²) in [5.74, 6) is 0.